The number of esters is 1. The van der Waals surface area contributed by atoms with E-state index < -0.39 is 15.9 Å². The second-order valence-corrected chi connectivity index (χ2v) is 13.5. The zero-order valence-electron chi connectivity index (χ0n) is 25.3. The molecule has 0 fully saturated rings. The van der Waals surface area contributed by atoms with E-state index in [1.54, 1.807) is 24.3 Å². The number of nitrogens with one attached hydrogen (secondary N) is 1. The summed E-state index contributed by atoms with van der Waals surface area (Å²) in [6.45, 7) is 1.92. The molecule has 7 rings (SSSR count). The van der Waals surface area contributed by atoms with Crippen LogP contribution < -0.4 is 4.72 Å². The molecule has 1 aliphatic carbocycles. The molecule has 0 aromatic heterocycles. The first kappa shape index (κ1) is 29.5. The maximum atomic E-state index is 14.1. The number of ether oxygens (including phenoxy) is 1. The van der Waals surface area contributed by atoms with E-state index in [1.165, 1.54) is 0 Å². The molecule has 46 heavy (non-hydrogen) atoms. The van der Waals surface area contributed by atoms with Gasteiger partial charge < -0.3 is 4.74 Å². The van der Waals surface area contributed by atoms with Crippen LogP contribution in [0, 0.1) is 12.8 Å². The van der Waals surface area contributed by atoms with Gasteiger partial charge in [-0.05, 0) is 47.4 Å². The third-order valence-electron chi connectivity index (χ3n) is 8.94. The molecule has 4 atom stereocenters. The van der Waals surface area contributed by atoms with Crippen LogP contribution in [-0.4, -0.2) is 14.4 Å². The molecule has 2 aliphatic rings. The summed E-state index contributed by atoms with van der Waals surface area (Å²) >= 11 is 0. The molecule has 1 aliphatic heterocycles. The van der Waals surface area contributed by atoms with E-state index in [0.29, 0.717) is 11.5 Å². The predicted octanol–water partition coefficient (Wildman–Crippen LogP) is 8.19. The summed E-state index contributed by atoms with van der Waals surface area (Å²) in [6.07, 6.45) is 4.05. The third kappa shape index (κ3) is 5.68. The monoisotopic (exact) mass is 623 g/mol. The third-order valence-corrected chi connectivity index (χ3v) is 10.3. The first-order valence-corrected chi connectivity index (χ1v) is 16.9. The zero-order valence-corrected chi connectivity index (χ0v) is 26.1. The highest BCUT2D eigenvalue weighted by Crippen LogP contribution is 2.56. The lowest BCUT2D eigenvalue weighted by Crippen LogP contribution is -2.30. The Balaban J connectivity index is 1.39. The summed E-state index contributed by atoms with van der Waals surface area (Å²) in [4.78, 5) is 14.3. The number of benzene rings is 5. The van der Waals surface area contributed by atoms with Gasteiger partial charge >= 0.3 is 5.97 Å². The molecule has 5 aromatic carbocycles. The Labute approximate surface area is 270 Å². The maximum Gasteiger partial charge on any atom is 0.315 e. The van der Waals surface area contributed by atoms with Crippen LogP contribution in [0.1, 0.15) is 51.1 Å². The lowest BCUT2D eigenvalue weighted by atomic mass is 9.74. The van der Waals surface area contributed by atoms with Crippen molar-refractivity contribution >= 4 is 27.4 Å². The summed E-state index contributed by atoms with van der Waals surface area (Å²) < 4.78 is 36.5. The number of carbonyl (C=O) groups excluding carboxylic acids is 1. The number of hydrogen-bond donors (Lipinski definition) is 1. The number of aryl methyl sites for hydroxylation is 1. The van der Waals surface area contributed by atoms with E-state index in [9.17, 15) is 13.2 Å². The van der Waals surface area contributed by atoms with Crippen molar-refractivity contribution in [2.24, 2.45) is 5.92 Å². The lowest BCUT2D eigenvalue weighted by Gasteiger charge is -2.32. The highest BCUT2D eigenvalue weighted by Gasteiger charge is 2.50. The van der Waals surface area contributed by atoms with Gasteiger partial charge in [-0.25, -0.2) is 8.42 Å². The molecule has 0 radical (unpaired) electrons. The van der Waals surface area contributed by atoms with Crippen LogP contribution in [0.25, 0.3) is 11.5 Å². The molecule has 5 aromatic rings. The summed E-state index contributed by atoms with van der Waals surface area (Å²) in [6, 6.07) is 44.1. The molecule has 5 nitrogen and oxygen atoms in total. The number of sulfonamides is 1. The standard InChI is InChI=1S/C40H33NO4S/c1-27-21-23-31(24-22-27)46(43,44)41-36(29-15-7-3-8-16-29)25-34(28-13-5-2-6-14-28)38-33-20-12-11-19-32(33)35-26-37(45-40(42)39(35)38)30-17-9-4-10-18-30/h2-26,34-35,38-39,41H,1H3/b36-25-/t34-,35-,38+,39-/m1/s1. The van der Waals surface area contributed by atoms with Crippen molar-refractivity contribution in [3.63, 3.8) is 0 Å². The van der Waals surface area contributed by atoms with Crippen LogP contribution in [0.2, 0.25) is 0 Å². The Morgan fingerprint density at radius 1 is 0.739 bits per heavy atom. The topological polar surface area (TPSA) is 72.5 Å². The molecular formula is C40H33NO4S. The van der Waals surface area contributed by atoms with Crippen molar-refractivity contribution in [3.8, 4) is 0 Å². The second-order valence-electron chi connectivity index (χ2n) is 11.8. The molecule has 0 saturated carbocycles. The van der Waals surface area contributed by atoms with Gasteiger partial charge in [-0.2, -0.15) is 0 Å². The Hall–Kier alpha value is -5.20. The van der Waals surface area contributed by atoms with Gasteiger partial charge in [0.25, 0.3) is 10.0 Å². The summed E-state index contributed by atoms with van der Waals surface area (Å²) in [5.74, 6) is -1.10. The number of cyclic esters (lactones) is 1. The molecule has 228 valence electrons. The molecule has 1 heterocycles. The van der Waals surface area contributed by atoms with Crippen molar-refractivity contribution in [2.45, 2.75) is 29.6 Å². The minimum Gasteiger partial charge on any atom is -0.426 e. The number of rotatable bonds is 8. The smallest absolute Gasteiger partial charge is 0.315 e. The van der Waals surface area contributed by atoms with Crippen LogP contribution in [0.4, 0.5) is 0 Å². The van der Waals surface area contributed by atoms with Crippen LogP contribution in [0.3, 0.4) is 0 Å². The molecule has 0 spiro atoms. The Bertz CT molecular complexity index is 2040. The molecule has 1 N–H and O–H groups in total. The second kappa shape index (κ2) is 12.3. The van der Waals surface area contributed by atoms with Gasteiger partial charge in [-0.1, -0.05) is 139 Å². The largest absolute Gasteiger partial charge is 0.426 e. The molecule has 0 amide bonds. The van der Waals surface area contributed by atoms with E-state index in [2.05, 4.69) is 22.9 Å². The van der Waals surface area contributed by atoms with Crippen molar-refractivity contribution in [1.82, 2.24) is 4.72 Å². The van der Waals surface area contributed by atoms with E-state index in [1.807, 2.05) is 116 Å². The Kier molecular flexibility index (Phi) is 7.89. The molecule has 0 saturated heterocycles. The van der Waals surface area contributed by atoms with E-state index in [4.69, 9.17) is 4.74 Å². The summed E-state index contributed by atoms with van der Waals surface area (Å²) in [7, 11) is -3.93. The quantitative estimate of drug-likeness (QED) is 0.177. The average molecular weight is 624 g/mol. The highest BCUT2D eigenvalue weighted by molar-refractivity contribution is 7.89. The predicted molar refractivity (Wildman–Crippen MR) is 181 cm³/mol. The van der Waals surface area contributed by atoms with Gasteiger partial charge in [0.1, 0.15) is 5.76 Å². The molecule has 0 bridgehead atoms. The molecule has 6 heteroatoms. The number of allylic oxidation sites excluding steroid dienone is 2. The van der Waals surface area contributed by atoms with Crippen LogP contribution in [-0.2, 0) is 19.6 Å². The normalized spacial score (nSPS) is 19.8. The van der Waals surface area contributed by atoms with Crippen LogP contribution >= 0.6 is 0 Å². The first-order valence-electron chi connectivity index (χ1n) is 15.4. The van der Waals surface area contributed by atoms with Crippen molar-refractivity contribution in [3.05, 3.63) is 185 Å². The van der Waals surface area contributed by atoms with Crippen LogP contribution in [0.5, 0.6) is 0 Å². The number of carbonyl (C=O) groups is 1. The zero-order chi connectivity index (χ0) is 31.7. The fourth-order valence-electron chi connectivity index (χ4n) is 6.75. The maximum absolute atomic E-state index is 14.1. The van der Waals surface area contributed by atoms with Crippen molar-refractivity contribution in [2.75, 3.05) is 0 Å². The Morgan fingerprint density at radius 3 is 2.00 bits per heavy atom. The van der Waals surface area contributed by atoms with Gasteiger partial charge in [0.2, 0.25) is 0 Å². The van der Waals surface area contributed by atoms with Crippen molar-refractivity contribution in [1.29, 1.82) is 0 Å². The minimum atomic E-state index is -3.93. The Morgan fingerprint density at radius 2 is 1.33 bits per heavy atom. The van der Waals surface area contributed by atoms with Gasteiger partial charge in [0.15, 0.2) is 0 Å². The highest BCUT2D eigenvalue weighted by atomic mass is 32.2. The summed E-state index contributed by atoms with van der Waals surface area (Å²) in [5, 5.41) is 0. The minimum absolute atomic E-state index is 0.178. The number of fused-ring (bicyclic) bond motifs is 3. The van der Waals surface area contributed by atoms with Crippen LogP contribution in [0.15, 0.2) is 157 Å². The number of hydrogen-bond acceptors (Lipinski definition) is 4. The SMILES string of the molecule is Cc1ccc(S(=O)(=O)N/C(=C\[C@H](c2ccccc2)[C@@H]2c3ccccc3[C@H]3C=C(c4ccccc4)OC(=O)[C@@H]23)c2ccccc2)cc1. The summed E-state index contributed by atoms with van der Waals surface area (Å²) in [5.41, 5.74) is 6.10. The fraction of sp³-hybridized carbons (Fsp3) is 0.125. The first-order chi connectivity index (χ1) is 22.4. The van der Waals surface area contributed by atoms with E-state index >= 15 is 0 Å². The van der Waals surface area contributed by atoms with Crippen molar-refractivity contribution < 1.29 is 17.9 Å². The molecule has 0 unspecified atom stereocenters. The lowest BCUT2D eigenvalue weighted by molar-refractivity contribution is -0.143. The van der Waals surface area contributed by atoms with Gasteiger partial charge in [0, 0.05) is 23.3 Å². The van der Waals surface area contributed by atoms with E-state index in [-0.39, 0.29) is 28.6 Å². The molecular weight excluding hydrogens is 591 g/mol. The van der Waals surface area contributed by atoms with Gasteiger partial charge in [-0.3, -0.25) is 9.52 Å². The van der Waals surface area contributed by atoms with Gasteiger partial charge in [0.05, 0.1) is 16.5 Å². The fourth-order valence-corrected chi connectivity index (χ4v) is 7.84. The average Bonchev–Trinajstić information content (AvgIpc) is 3.42. The van der Waals surface area contributed by atoms with E-state index in [0.717, 1.165) is 33.4 Å². The van der Waals surface area contributed by atoms with Gasteiger partial charge in [-0.15, -0.1) is 0 Å².